The zero-order valence-corrected chi connectivity index (χ0v) is 14.6. The summed E-state index contributed by atoms with van der Waals surface area (Å²) in [6.45, 7) is -2.96. The van der Waals surface area contributed by atoms with Crippen LogP contribution in [0.25, 0.3) is 28.0 Å². The normalized spacial score (nSPS) is 11.2. The highest BCUT2D eigenvalue weighted by molar-refractivity contribution is 6.01. The number of benzene rings is 2. The van der Waals surface area contributed by atoms with E-state index in [-0.39, 0.29) is 17.3 Å². The highest BCUT2D eigenvalue weighted by atomic mass is 19.3. The maximum atomic E-state index is 13.2. The average Bonchev–Trinajstić information content (AvgIpc) is 3.07. The molecule has 6 nitrogen and oxygen atoms in total. The van der Waals surface area contributed by atoms with E-state index in [0.717, 1.165) is 12.4 Å². The first-order valence-corrected chi connectivity index (χ1v) is 8.34. The quantitative estimate of drug-likeness (QED) is 0.534. The van der Waals surface area contributed by atoms with Crippen molar-refractivity contribution >= 4 is 16.9 Å². The lowest BCUT2D eigenvalue weighted by atomic mass is 10.0. The molecule has 1 N–H and O–H groups in total. The van der Waals surface area contributed by atoms with Gasteiger partial charge in [-0.15, -0.1) is 0 Å². The lowest BCUT2D eigenvalue weighted by Crippen LogP contribution is -2.01. The number of rotatable bonds is 5. The third kappa shape index (κ3) is 3.62. The summed E-state index contributed by atoms with van der Waals surface area (Å²) >= 11 is 0. The molecule has 4 rings (SSSR count). The first-order valence-electron chi connectivity index (χ1n) is 8.34. The number of aromatic carboxylic acids is 1. The van der Waals surface area contributed by atoms with E-state index >= 15 is 0 Å². The molecule has 0 aliphatic heterocycles. The second-order valence-electron chi connectivity index (χ2n) is 6.06. The first kappa shape index (κ1) is 18.5. The Bertz CT molecular complexity index is 1210. The van der Waals surface area contributed by atoms with Gasteiger partial charge in [-0.3, -0.25) is 4.57 Å². The lowest BCUT2D eigenvalue weighted by Gasteiger charge is -2.06. The van der Waals surface area contributed by atoms with Crippen molar-refractivity contribution in [3.63, 3.8) is 0 Å². The van der Waals surface area contributed by atoms with Crippen molar-refractivity contribution in [3.05, 3.63) is 72.4 Å². The van der Waals surface area contributed by atoms with Crippen LogP contribution in [0, 0.1) is 5.82 Å². The summed E-state index contributed by atoms with van der Waals surface area (Å²) in [6.07, 6.45) is 3.61. The van der Waals surface area contributed by atoms with Crippen molar-refractivity contribution in [3.8, 4) is 22.8 Å². The number of fused-ring (bicyclic) bond motifs is 1. The van der Waals surface area contributed by atoms with Crippen LogP contribution in [0.1, 0.15) is 10.4 Å². The number of nitrogens with zero attached hydrogens (tertiary/aromatic N) is 3. The monoisotopic (exact) mass is 399 g/mol. The third-order valence-electron chi connectivity index (χ3n) is 4.24. The summed E-state index contributed by atoms with van der Waals surface area (Å²) in [6, 6.07) is 10.6. The number of carboxylic acid groups (broad SMARTS) is 1. The zero-order valence-electron chi connectivity index (χ0n) is 14.6. The number of halogens is 3. The highest BCUT2D eigenvalue weighted by Gasteiger charge is 2.16. The molecule has 0 unspecified atom stereocenters. The Labute approximate surface area is 161 Å². The number of carbonyl (C=O) groups is 1. The summed E-state index contributed by atoms with van der Waals surface area (Å²) in [4.78, 5) is 19.3. The van der Waals surface area contributed by atoms with Gasteiger partial charge in [-0.2, -0.15) is 8.78 Å². The summed E-state index contributed by atoms with van der Waals surface area (Å²) < 4.78 is 44.3. The number of ether oxygens (including phenoxy) is 1. The van der Waals surface area contributed by atoms with Gasteiger partial charge < -0.3 is 9.84 Å². The van der Waals surface area contributed by atoms with Gasteiger partial charge in [0, 0.05) is 17.1 Å². The maximum Gasteiger partial charge on any atom is 0.387 e. The molecule has 0 aliphatic rings. The molecule has 0 bridgehead atoms. The predicted octanol–water partition coefficient (Wildman–Crippen LogP) is 4.53. The van der Waals surface area contributed by atoms with E-state index in [1.807, 2.05) is 0 Å². The van der Waals surface area contributed by atoms with Crippen LogP contribution in [0.3, 0.4) is 0 Å². The molecule has 0 amide bonds. The standard InChI is InChI=1S/C20H12F3N3O3/c21-13-8-24-20(25-9-13)26-10-16(11-2-1-3-14(6-11)29-19(22)23)15-5-4-12(18(27)28)7-17(15)26/h1-10,19H,(H,27,28). The van der Waals surface area contributed by atoms with Crippen LogP contribution in [0.2, 0.25) is 0 Å². The van der Waals surface area contributed by atoms with Gasteiger partial charge in [0.1, 0.15) is 5.75 Å². The van der Waals surface area contributed by atoms with Gasteiger partial charge in [0.15, 0.2) is 5.82 Å². The molecule has 0 aliphatic carbocycles. The summed E-state index contributed by atoms with van der Waals surface area (Å²) in [7, 11) is 0. The largest absolute Gasteiger partial charge is 0.478 e. The fourth-order valence-corrected chi connectivity index (χ4v) is 3.03. The fourth-order valence-electron chi connectivity index (χ4n) is 3.03. The first-order chi connectivity index (χ1) is 13.9. The topological polar surface area (TPSA) is 77.2 Å². The van der Waals surface area contributed by atoms with Gasteiger partial charge in [-0.05, 0) is 29.8 Å². The van der Waals surface area contributed by atoms with Crippen molar-refractivity contribution in [1.82, 2.24) is 14.5 Å². The van der Waals surface area contributed by atoms with Crippen molar-refractivity contribution in [1.29, 1.82) is 0 Å². The second-order valence-corrected chi connectivity index (χ2v) is 6.06. The number of alkyl halides is 2. The minimum Gasteiger partial charge on any atom is -0.478 e. The molecule has 0 saturated carbocycles. The molecule has 0 radical (unpaired) electrons. The molecule has 4 aromatic rings. The summed E-state index contributed by atoms with van der Waals surface area (Å²) in [5, 5.41) is 9.94. The van der Waals surface area contributed by atoms with Crippen LogP contribution in [0.5, 0.6) is 5.75 Å². The minimum absolute atomic E-state index is 0.0152. The highest BCUT2D eigenvalue weighted by Crippen LogP contribution is 2.34. The molecular formula is C20H12F3N3O3. The van der Waals surface area contributed by atoms with Crippen molar-refractivity contribution in [2.24, 2.45) is 0 Å². The predicted molar refractivity (Wildman–Crippen MR) is 97.9 cm³/mol. The second kappa shape index (κ2) is 7.27. The van der Waals surface area contributed by atoms with Crippen LogP contribution in [-0.4, -0.2) is 32.2 Å². The van der Waals surface area contributed by atoms with E-state index in [1.165, 1.54) is 28.8 Å². The molecule has 0 spiro atoms. The third-order valence-corrected chi connectivity index (χ3v) is 4.24. The fraction of sp³-hybridized carbons (Fsp3) is 0.0500. The molecule has 2 aromatic heterocycles. The molecule has 2 aromatic carbocycles. The van der Waals surface area contributed by atoms with E-state index in [9.17, 15) is 23.1 Å². The lowest BCUT2D eigenvalue weighted by molar-refractivity contribution is -0.0498. The van der Waals surface area contributed by atoms with E-state index in [4.69, 9.17) is 0 Å². The van der Waals surface area contributed by atoms with E-state index < -0.39 is 18.4 Å². The Morgan fingerprint density at radius 3 is 2.55 bits per heavy atom. The van der Waals surface area contributed by atoms with Gasteiger partial charge in [0.25, 0.3) is 0 Å². The number of carboxylic acids is 1. The maximum absolute atomic E-state index is 13.2. The molecule has 0 saturated heterocycles. The Kier molecular flexibility index (Phi) is 4.63. The Hall–Kier alpha value is -3.88. The van der Waals surface area contributed by atoms with Crippen LogP contribution in [0.4, 0.5) is 13.2 Å². The van der Waals surface area contributed by atoms with Gasteiger partial charge in [-0.1, -0.05) is 18.2 Å². The Morgan fingerprint density at radius 2 is 1.86 bits per heavy atom. The average molecular weight is 399 g/mol. The van der Waals surface area contributed by atoms with Crippen LogP contribution >= 0.6 is 0 Å². The van der Waals surface area contributed by atoms with Crippen molar-refractivity contribution in [2.75, 3.05) is 0 Å². The molecule has 29 heavy (non-hydrogen) atoms. The number of hydrogen-bond donors (Lipinski definition) is 1. The van der Waals surface area contributed by atoms with E-state index in [0.29, 0.717) is 22.0 Å². The van der Waals surface area contributed by atoms with Gasteiger partial charge in [0.2, 0.25) is 5.95 Å². The van der Waals surface area contributed by atoms with Crippen LogP contribution in [0.15, 0.2) is 61.1 Å². The zero-order chi connectivity index (χ0) is 20.5. The molecule has 0 atom stereocenters. The molecule has 2 heterocycles. The number of aromatic nitrogens is 3. The van der Waals surface area contributed by atoms with E-state index in [2.05, 4.69) is 14.7 Å². The van der Waals surface area contributed by atoms with Crippen molar-refractivity contribution < 1.29 is 27.8 Å². The SMILES string of the molecule is O=C(O)c1ccc2c(-c3cccc(OC(F)F)c3)cn(-c3ncc(F)cn3)c2c1. The minimum atomic E-state index is -2.96. The van der Waals surface area contributed by atoms with Crippen molar-refractivity contribution in [2.45, 2.75) is 6.61 Å². The van der Waals surface area contributed by atoms with Gasteiger partial charge >= 0.3 is 12.6 Å². The summed E-state index contributed by atoms with van der Waals surface area (Å²) in [5.41, 5.74) is 1.69. The number of hydrogen-bond acceptors (Lipinski definition) is 4. The Morgan fingerprint density at radius 1 is 1.10 bits per heavy atom. The molecule has 146 valence electrons. The summed E-state index contributed by atoms with van der Waals surface area (Å²) in [5.74, 6) is -1.62. The van der Waals surface area contributed by atoms with Crippen LogP contribution in [-0.2, 0) is 0 Å². The molecular weight excluding hydrogens is 387 g/mol. The van der Waals surface area contributed by atoms with E-state index in [1.54, 1.807) is 24.4 Å². The molecule has 9 heteroatoms. The van der Waals surface area contributed by atoms with Crippen LogP contribution < -0.4 is 4.74 Å². The Balaban J connectivity index is 1.93. The van der Waals surface area contributed by atoms with Gasteiger partial charge in [-0.25, -0.2) is 19.2 Å². The van der Waals surface area contributed by atoms with Gasteiger partial charge in [0.05, 0.1) is 23.5 Å². The molecule has 0 fully saturated rings. The smallest absolute Gasteiger partial charge is 0.387 e.